The molecule has 0 amide bonds. The van der Waals surface area contributed by atoms with Crippen molar-refractivity contribution in [1.29, 1.82) is 0 Å². The van der Waals surface area contributed by atoms with E-state index in [2.05, 4.69) is 29.2 Å². The summed E-state index contributed by atoms with van der Waals surface area (Å²) in [5.74, 6) is 0.359. The van der Waals surface area contributed by atoms with Crippen molar-refractivity contribution in [3.63, 3.8) is 0 Å². The van der Waals surface area contributed by atoms with Gasteiger partial charge in [0.05, 0.1) is 0 Å². The van der Waals surface area contributed by atoms with Crippen LogP contribution in [0.2, 0.25) is 0 Å². The molecule has 0 aliphatic heterocycles. The topological polar surface area (TPSA) is 37.4 Å². The summed E-state index contributed by atoms with van der Waals surface area (Å²) in [6, 6.07) is 17.7. The minimum absolute atomic E-state index is 0.0354. The molecule has 0 saturated heterocycles. The minimum Gasteiger partial charge on any atom is -0.378 e. The number of benzene rings is 2. The molecule has 1 saturated carbocycles. The fourth-order valence-electron chi connectivity index (χ4n) is 3.89. The summed E-state index contributed by atoms with van der Waals surface area (Å²) >= 11 is 0. The van der Waals surface area contributed by atoms with E-state index in [1.807, 2.05) is 44.4 Å². The van der Waals surface area contributed by atoms with E-state index in [0.717, 1.165) is 36.1 Å². The molecule has 2 aromatic rings. The average Bonchev–Trinajstić information content (AvgIpc) is 2.67. The van der Waals surface area contributed by atoms with Gasteiger partial charge in [-0.15, -0.1) is 0 Å². The molecule has 0 unspecified atom stereocenters. The van der Waals surface area contributed by atoms with Gasteiger partial charge in [0.2, 0.25) is 0 Å². The molecule has 0 bridgehead atoms. The first kappa shape index (κ1) is 18.4. The van der Waals surface area contributed by atoms with Crippen LogP contribution in [-0.2, 0) is 4.79 Å². The number of nitrogens with zero attached hydrogens (tertiary/aromatic N) is 1. The first-order valence-corrected chi connectivity index (χ1v) is 9.44. The van der Waals surface area contributed by atoms with Crippen molar-refractivity contribution in [2.75, 3.05) is 19.0 Å². The Morgan fingerprint density at radius 2 is 1.73 bits per heavy atom. The van der Waals surface area contributed by atoms with Crippen LogP contribution in [0.5, 0.6) is 0 Å². The second kappa shape index (κ2) is 8.31. The summed E-state index contributed by atoms with van der Waals surface area (Å²) in [5, 5.41) is 0. The molecule has 1 aliphatic carbocycles. The van der Waals surface area contributed by atoms with Crippen molar-refractivity contribution >= 4 is 17.3 Å². The largest absolute Gasteiger partial charge is 0.378 e. The third kappa shape index (κ3) is 4.21. The third-order valence-electron chi connectivity index (χ3n) is 5.43. The Morgan fingerprint density at radius 1 is 1.04 bits per heavy atom. The Morgan fingerprint density at radius 3 is 2.35 bits per heavy atom. The molecule has 3 rings (SSSR count). The summed E-state index contributed by atoms with van der Waals surface area (Å²) in [6.07, 6.45) is 3.98. The van der Waals surface area contributed by atoms with E-state index in [1.54, 1.807) is 0 Å². The highest BCUT2D eigenvalue weighted by atomic mass is 16.1. The molecule has 0 spiro atoms. The van der Waals surface area contributed by atoms with Gasteiger partial charge in [0.1, 0.15) is 5.78 Å². The van der Waals surface area contributed by atoms with E-state index >= 15 is 0 Å². The van der Waals surface area contributed by atoms with Crippen molar-refractivity contribution in [3.8, 4) is 0 Å². The lowest BCUT2D eigenvalue weighted by molar-refractivity contribution is -0.125. The maximum atomic E-state index is 12.8. The lowest BCUT2D eigenvalue weighted by atomic mass is 9.73. The Labute approximate surface area is 156 Å². The predicted molar refractivity (Wildman–Crippen MR) is 106 cm³/mol. The van der Waals surface area contributed by atoms with Crippen LogP contribution in [0, 0.1) is 5.92 Å². The SMILES string of the molecule is CN(C)c1ccc([C@@H](CC(=O)c2ccccc2)[C@@H]2CCCCC2=O)cc1. The number of ketones is 2. The first-order chi connectivity index (χ1) is 12.6. The molecule has 1 aliphatic rings. The van der Waals surface area contributed by atoms with E-state index in [1.165, 1.54) is 0 Å². The normalized spacial score (nSPS) is 18.4. The zero-order valence-corrected chi connectivity index (χ0v) is 15.7. The molecule has 3 nitrogen and oxygen atoms in total. The first-order valence-electron chi connectivity index (χ1n) is 9.44. The quantitative estimate of drug-likeness (QED) is 0.698. The summed E-state index contributed by atoms with van der Waals surface area (Å²) in [4.78, 5) is 27.5. The van der Waals surface area contributed by atoms with Gasteiger partial charge in [-0.25, -0.2) is 0 Å². The highest BCUT2D eigenvalue weighted by Crippen LogP contribution is 2.37. The molecule has 0 radical (unpaired) electrons. The standard InChI is InChI=1S/C23H27NO2/c1-24(2)19-14-12-17(13-15-19)21(20-10-6-7-11-22(20)25)16-23(26)18-8-4-3-5-9-18/h3-5,8-9,12-15,20-21H,6-7,10-11,16H2,1-2H3/t20-,21+/m0/s1. The fourth-order valence-corrected chi connectivity index (χ4v) is 3.89. The minimum atomic E-state index is -0.0402. The van der Waals surface area contributed by atoms with E-state index in [9.17, 15) is 9.59 Å². The molecule has 136 valence electrons. The molecule has 0 N–H and O–H groups in total. The lowest BCUT2D eigenvalue weighted by Crippen LogP contribution is -2.27. The van der Waals surface area contributed by atoms with Crippen LogP contribution in [0.25, 0.3) is 0 Å². The molecule has 2 aromatic carbocycles. The molecular weight excluding hydrogens is 322 g/mol. The zero-order valence-electron chi connectivity index (χ0n) is 15.7. The number of carbonyl (C=O) groups is 2. The Kier molecular flexibility index (Phi) is 5.87. The molecular formula is C23H27NO2. The van der Waals surface area contributed by atoms with Crippen LogP contribution >= 0.6 is 0 Å². The zero-order chi connectivity index (χ0) is 18.5. The van der Waals surface area contributed by atoms with E-state index in [4.69, 9.17) is 0 Å². The smallest absolute Gasteiger partial charge is 0.163 e. The Bertz CT molecular complexity index is 750. The van der Waals surface area contributed by atoms with Gasteiger partial charge in [0, 0.05) is 50.0 Å². The van der Waals surface area contributed by atoms with Crippen molar-refractivity contribution in [2.24, 2.45) is 5.92 Å². The number of carbonyl (C=O) groups excluding carboxylic acids is 2. The number of rotatable bonds is 6. The third-order valence-corrected chi connectivity index (χ3v) is 5.43. The fraction of sp³-hybridized carbons (Fsp3) is 0.391. The van der Waals surface area contributed by atoms with Gasteiger partial charge in [-0.2, -0.15) is 0 Å². The van der Waals surface area contributed by atoms with E-state index in [0.29, 0.717) is 18.6 Å². The number of Topliss-reactive ketones (excluding diaryl/α,β-unsaturated/α-hetero) is 2. The van der Waals surface area contributed by atoms with Crippen LogP contribution < -0.4 is 4.90 Å². The average molecular weight is 349 g/mol. The van der Waals surface area contributed by atoms with E-state index < -0.39 is 0 Å². The number of hydrogen-bond donors (Lipinski definition) is 0. The molecule has 0 aromatic heterocycles. The molecule has 26 heavy (non-hydrogen) atoms. The lowest BCUT2D eigenvalue weighted by Gasteiger charge is -2.29. The summed E-state index contributed by atoms with van der Waals surface area (Å²) < 4.78 is 0. The van der Waals surface area contributed by atoms with Crippen molar-refractivity contribution in [2.45, 2.75) is 38.0 Å². The van der Waals surface area contributed by atoms with Gasteiger partial charge < -0.3 is 4.90 Å². The van der Waals surface area contributed by atoms with E-state index in [-0.39, 0.29) is 17.6 Å². The van der Waals surface area contributed by atoms with Crippen LogP contribution in [0.3, 0.4) is 0 Å². The monoisotopic (exact) mass is 349 g/mol. The van der Waals surface area contributed by atoms with Crippen LogP contribution in [0.15, 0.2) is 54.6 Å². The van der Waals surface area contributed by atoms with Gasteiger partial charge in [0.25, 0.3) is 0 Å². The van der Waals surface area contributed by atoms with Gasteiger partial charge in [-0.3, -0.25) is 9.59 Å². The molecule has 3 heteroatoms. The Balaban J connectivity index is 1.88. The highest BCUT2D eigenvalue weighted by molar-refractivity contribution is 5.97. The number of anilines is 1. The van der Waals surface area contributed by atoms with Gasteiger partial charge in [-0.05, 0) is 30.5 Å². The maximum Gasteiger partial charge on any atom is 0.163 e. The van der Waals surface area contributed by atoms with Gasteiger partial charge >= 0.3 is 0 Å². The van der Waals surface area contributed by atoms with Crippen molar-refractivity contribution < 1.29 is 9.59 Å². The Hall–Kier alpha value is -2.42. The molecule has 1 fully saturated rings. The molecule has 0 heterocycles. The predicted octanol–water partition coefficient (Wildman–Crippen LogP) is 4.87. The van der Waals surface area contributed by atoms with Crippen LogP contribution in [0.1, 0.15) is 53.9 Å². The van der Waals surface area contributed by atoms with Crippen molar-refractivity contribution in [1.82, 2.24) is 0 Å². The van der Waals surface area contributed by atoms with Crippen LogP contribution in [0.4, 0.5) is 5.69 Å². The maximum absolute atomic E-state index is 12.8. The summed E-state index contributed by atoms with van der Waals surface area (Å²) in [5.41, 5.74) is 2.95. The van der Waals surface area contributed by atoms with Crippen LogP contribution in [-0.4, -0.2) is 25.7 Å². The van der Waals surface area contributed by atoms with Gasteiger partial charge in [0.15, 0.2) is 5.78 Å². The number of hydrogen-bond acceptors (Lipinski definition) is 3. The second-order valence-electron chi connectivity index (χ2n) is 7.40. The summed E-state index contributed by atoms with van der Waals surface area (Å²) in [6.45, 7) is 0. The highest BCUT2D eigenvalue weighted by Gasteiger charge is 2.32. The van der Waals surface area contributed by atoms with Crippen molar-refractivity contribution in [3.05, 3.63) is 65.7 Å². The second-order valence-corrected chi connectivity index (χ2v) is 7.40. The summed E-state index contributed by atoms with van der Waals surface area (Å²) in [7, 11) is 4.02. The van der Waals surface area contributed by atoms with Gasteiger partial charge in [-0.1, -0.05) is 48.9 Å². The molecule has 2 atom stereocenters.